The van der Waals surface area contributed by atoms with Gasteiger partial charge in [-0.05, 0) is 49.7 Å². The molecule has 0 aliphatic carbocycles. The van der Waals surface area contributed by atoms with Crippen LogP contribution in [0.15, 0.2) is 42.5 Å². The van der Waals surface area contributed by atoms with Gasteiger partial charge in [-0.1, -0.05) is 17.7 Å². The zero-order chi connectivity index (χ0) is 11.5. The van der Waals surface area contributed by atoms with Crippen molar-refractivity contribution in [3.8, 4) is 11.5 Å². The van der Waals surface area contributed by atoms with Gasteiger partial charge >= 0.3 is 0 Å². The van der Waals surface area contributed by atoms with Crippen molar-refractivity contribution in [2.24, 2.45) is 0 Å². The van der Waals surface area contributed by atoms with E-state index in [1.807, 2.05) is 43.3 Å². The SMILES string of the molecule is Cc1ccc(Oc2ccc(N)cc2)c(C)c1. The van der Waals surface area contributed by atoms with E-state index in [-0.39, 0.29) is 0 Å². The summed E-state index contributed by atoms with van der Waals surface area (Å²) in [5.41, 5.74) is 8.73. The van der Waals surface area contributed by atoms with E-state index >= 15 is 0 Å². The molecule has 0 aliphatic rings. The Balaban J connectivity index is 2.23. The van der Waals surface area contributed by atoms with E-state index in [1.54, 1.807) is 0 Å². The van der Waals surface area contributed by atoms with Crippen LogP contribution in [0.1, 0.15) is 11.1 Å². The van der Waals surface area contributed by atoms with Gasteiger partial charge in [0.15, 0.2) is 0 Å². The molecule has 0 saturated carbocycles. The molecule has 2 nitrogen and oxygen atoms in total. The Morgan fingerprint density at radius 2 is 1.62 bits per heavy atom. The van der Waals surface area contributed by atoms with Crippen LogP contribution in [-0.4, -0.2) is 0 Å². The van der Waals surface area contributed by atoms with Gasteiger partial charge in [-0.15, -0.1) is 0 Å². The van der Waals surface area contributed by atoms with E-state index in [2.05, 4.69) is 13.0 Å². The molecule has 82 valence electrons. The molecule has 0 fully saturated rings. The van der Waals surface area contributed by atoms with Gasteiger partial charge < -0.3 is 10.5 Å². The van der Waals surface area contributed by atoms with Crippen molar-refractivity contribution >= 4 is 5.69 Å². The molecule has 0 aromatic heterocycles. The number of benzene rings is 2. The number of anilines is 1. The summed E-state index contributed by atoms with van der Waals surface area (Å²) in [7, 11) is 0. The summed E-state index contributed by atoms with van der Waals surface area (Å²) in [6.07, 6.45) is 0. The Kier molecular flexibility index (Phi) is 2.82. The average molecular weight is 213 g/mol. The van der Waals surface area contributed by atoms with Gasteiger partial charge in [0.1, 0.15) is 11.5 Å². The van der Waals surface area contributed by atoms with Gasteiger partial charge in [0.25, 0.3) is 0 Å². The third-order valence-corrected chi connectivity index (χ3v) is 2.44. The zero-order valence-electron chi connectivity index (χ0n) is 9.53. The number of rotatable bonds is 2. The van der Waals surface area contributed by atoms with E-state index < -0.39 is 0 Å². The number of nitrogens with two attached hydrogens (primary N) is 1. The summed E-state index contributed by atoms with van der Waals surface area (Å²) in [6.45, 7) is 4.11. The normalized spacial score (nSPS) is 10.1. The first-order valence-corrected chi connectivity index (χ1v) is 5.26. The molecule has 0 aliphatic heterocycles. The minimum Gasteiger partial charge on any atom is -0.457 e. The van der Waals surface area contributed by atoms with Gasteiger partial charge in [0.2, 0.25) is 0 Å². The van der Waals surface area contributed by atoms with Crippen molar-refractivity contribution in [3.63, 3.8) is 0 Å². The standard InChI is InChI=1S/C14H15NO/c1-10-3-8-14(11(2)9-10)16-13-6-4-12(15)5-7-13/h3-9H,15H2,1-2H3. The van der Waals surface area contributed by atoms with Crippen LogP contribution in [0.25, 0.3) is 0 Å². The lowest BCUT2D eigenvalue weighted by atomic mass is 10.1. The van der Waals surface area contributed by atoms with Crippen LogP contribution in [0.4, 0.5) is 5.69 Å². The third-order valence-electron chi connectivity index (χ3n) is 2.44. The molecule has 0 bridgehead atoms. The summed E-state index contributed by atoms with van der Waals surface area (Å²) in [5, 5.41) is 0. The Labute approximate surface area is 95.7 Å². The highest BCUT2D eigenvalue weighted by atomic mass is 16.5. The lowest BCUT2D eigenvalue weighted by molar-refractivity contribution is 0.479. The minimum absolute atomic E-state index is 0.743. The molecule has 2 N–H and O–H groups in total. The van der Waals surface area contributed by atoms with Crippen LogP contribution in [0.2, 0.25) is 0 Å². The monoisotopic (exact) mass is 213 g/mol. The molecule has 2 aromatic carbocycles. The Morgan fingerprint density at radius 3 is 2.25 bits per heavy atom. The molecule has 16 heavy (non-hydrogen) atoms. The molecule has 0 atom stereocenters. The van der Waals surface area contributed by atoms with E-state index in [1.165, 1.54) is 5.56 Å². The predicted octanol–water partition coefficient (Wildman–Crippen LogP) is 3.68. The summed E-state index contributed by atoms with van der Waals surface area (Å²) in [5.74, 6) is 1.69. The highest BCUT2D eigenvalue weighted by molar-refractivity contribution is 5.44. The first-order chi connectivity index (χ1) is 7.65. The number of ether oxygens (including phenoxy) is 1. The fourth-order valence-electron chi connectivity index (χ4n) is 1.58. The quantitative estimate of drug-likeness (QED) is 0.772. The van der Waals surface area contributed by atoms with Crippen molar-refractivity contribution in [2.75, 3.05) is 5.73 Å². The third kappa shape index (κ3) is 2.34. The Hall–Kier alpha value is -1.96. The maximum Gasteiger partial charge on any atom is 0.130 e. The molecule has 0 radical (unpaired) electrons. The van der Waals surface area contributed by atoms with Crippen LogP contribution >= 0.6 is 0 Å². The average Bonchev–Trinajstić information content (AvgIpc) is 2.25. The van der Waals surface area contributed by atoms with Crippen LogP contribution in [0.5, 0.6) is 11.5 Å². The van der Waals surface area contributed by atoms with E-state index in [4.69, 9.17) is 10.5 Å². The van der Waals surface area contributed by atoms with Crippen molar-refractivity contribution in [2.45, 2.75) is 13.8 Å². The highest BCUT2D eigenvalue weighted by Crippen LogP contribution is 2.25. The predicted molar refractivity (Wildman–Crippen MR) is 66.8 cm³/mol. The summed E-state index contributed by atoms with van der Waals surface area (Å²) >= 11 is 0. The molecular formula is C14H15NO. The van der Waals surface area contributed by atoms with Crippen molar-refractivity contribution in [1.82, 2.24) is 0 Å². The van der Waals surface area contributed by atoms with Gasteiger partial charge in [-0.25, -0.2) is 0 Å². The second-order valence-corrected chi connectivity index (χ2v) is 3.94. The first kappa shape index (κ1) is 10.6. The second-order valence-electron chi connectivity index (χ2n) is 3.94. The Bertz CT molecular complexity index is 489. The lowest BCUT2D eigenvalue weighted by Crippen LogP contribution is -1.89. The molecule has 2 aromatic rings. The molecular weight excluding hydrogens is 198 g/mol. The van der Waals surface area contributed by atoms with Crippen LogP contribution in [0.3, 0.4) is 0 Å². The molecule has 0 amide bonds. The highest BCUT2D eigenvalue weighted by Gasteiger charge is 2.01. The number of hydrogen-bond donors (Lipinski definition) is 1. The number of nitrogen functional groups attached to an aromatic ring is 1. The summed E-state index contributed by atoms with van der Waals surface area (Å²) < 4.78 is 5.76. The minimum atomic E-state index is 0.743. The summed E-state index contributed by atoms with van der Waals surface area (Å²) in [6, 6.07) is 13.5. The van der Waals surface area contributed by atoms with Gasteiger partial charge in [-0.3, -0.25) is 0 Å². The molecule has 2 rings (SSSR count). The topological polar surface area (TPSA) is 35.2 Å². The smallest absolute Gasteiger partial charge is 0.130 e. The Morgan fingerprint density at radius 1 is 0.938 bits per heavy atom. The van der Waals surface area contributed by atoms with Crippen LogP contribution < -0.4 is 10.5 Å². The van der Waals surface area contributed by atoms with Gasteiger partial charge in [0, 0.05) is 5.69 Å². The van der Waals surface area contributed by atoms with Crippen molar-refractivity contribution < 1.29 is 4.74 Å². The second kappa shape index (κ2) is 4.27. The molecule has 2 heteroatoms. The molecule has 0 saturated heterocycles. The van der Waals surface area contributed by atoms with E-state index in [9.17, 15) is 0 Å². The first-order valence-electron chi connectivity index (χ1n) is 5.26. The molecule has 0 spiro atoms. The van der Waals surface area contributed by atoms with Crippen molar-refractivity contribution in [1.29, 1.82) is 0 Å². The maximum atomic E-state index is 5.76. The zero-order valence-corrected chi connectivity index (χ0v) is 9.53. The van der Waals surface area contributed by atoms with Crippen LogP contribution in [0, 0.1) is 13.8 Å². The number of aryl methyl sites for hydroxylation is 2. The van der Waals surface area contributed by atoms with E-state index in [0.29, 0.717) is 0 Å². The summed E-state index contributed by atoms with van der Waals surface area (Å²) in [4.78, 5) is 0. The lowest BCUT2D eigenvalue weighted by Gasteiger charge is -2.09. The largest absolute Gasteiger partial charge is 0.457 e. The fraction of sp³-hybridized carbons (Fsp3) is 0.143. The van der Waals surface area contributed by atoms with Gasteiger partial charge in [0.05, 0.1) is 0 Å². The molecule has 0 unspecified atom stereocenters. The van der Waals surface area contributed by atoms with E-state index in [0.717, 1.165) is 22.7 Å². The van der Waals surface area contributed by atoms with Crippen molar-refractivity contribution in [3.05, 3.63) is 53.6 Å². The maximum absolute atomic E-state index is 5.76. The fourth-order valence-corrected chi connectivity index (χ4v) is 1.58. The van der Waals surface area contributed by atoms with Crippen LogP contribution in [-0.2, 0) is 0 Å². The van der Waals surface area contributed by atoms with Gasteiger partial charge in [-0.2, -0.15) is 0 Å². The number of hydrogen-bond acceptors (Lipinski definition) is 2. The molecule has 0 heterocycles.